The third-order valence-corrected chi connectivity index (χ3v) is 4.76. The molecular formula is C16H19N3O2S. The Balaban J connectivity index is 1.72. The number of nitrogens with zero attached hydrogens (tertiary/aromatic N) is 2. The number of amides is 1. The molecule has 6 heteroatoms. The van der Waals surface area contributed by atoms with Crippen molar-refractivity contribution in [2.45, 2.75) is 37.0 Å². The molecule has 1 fully saturated rings. The van der Waals surface area contributed by atoms with Gasteiger partial charge in [-0.2, -0.15) is 0 Å². The summed E-state index contributed by atoms with van der Waals surface area (Å²) in [7, 11) is 0. The van der Waals surface area contributed by atoms with Crippen LogP contribution in [0.4, 0.5) is 6.01 Å². The molecule has 0 atom stereocenters. The van der Waals surface area contributed by atoms with Crippen molar-refractivity contribution in [3.05, 3.63) is 24.3 Å². The van der Waals surface area contributed by atoms with Crippen molar-refractivity contribution >= 4 is 23.7 Å². The van der Waals surface area contributed by atoms with Crippen LogP contribution in [0.15, 0.2) is 33.6 Å². The molecule has 2 aromatic rings. The Morgan fingerprint density at radius 2 is 2.00 bits per heavy atom. The highest BCUT2D eigenvalue weighted by molar-refractivity contribution is 7.98. The van der Waals surface area contributed by atoms with Crippen LogP contribution in [-0.2, 0) is 4.79 Å². The van der Waals surface area contributed by atoms with Crippen molar-refractivity contribution in [2.75, 3.05) is 11.6 Å². The molecule has 5 nitrogen and oxygen atoms in total. The topological polar surface area (TPSA) is 68.0 Å². The van der Waals surface area contributed by atoms with Crippen molar-refractivity contribution in [3.63, 3.8) is 0 Å². The predicted molar refractivity (Wildman–Crippen MR) is 86.7 cm³/mol. The first kappa shape index (κ1) is 15.1. The fourth-order valence-corrected chi connectivity index (χ4v) is 3.37. The van der Waals surface area contributed by atoms with Crippen molar-refractivity contribution in [1.82, 2.24) is 10.2 Å². The van der Waals surface area contributed by atoms with Gasteiger partial charge in [0.05, 0.1) is 5.56 Å². The Bertz CT molecular complexity index is 650. The number of rotatable bonds is 4. The summed E-state index contributed by atoms with van der Waals surface area (Å²) >= 11 is 1.62. The Morgan fingerprint density at radius 3 is 2.77 bits per heavy atom. The second-order valence-corrected chi connectivity index (χ2v) is 6.28. The molecule has 1 amide bonds. The summed E-state index contributed by atoms with van der Waals surface area (Å²) in [5, 5.41) is 10.7. The third-order valence-electron chi connectivity index (χ3n) is 3.97. The number of hydrogen-bond acceptors (Lipinski definition) is 5. The van der Waals surface area contributed by atoms with Gasteiger partial charge in [0.1, 0.15) is 0 Å². The highest BCUT2D eigenvalue weighted by atomic mass is 32.2. The molecule has 0 unspecified atom stereocenters. The summed E-state index contributed by atoms with van der Waals surface area (Å²) in [5.41, 5.74) is 0.890. The normalized spacial score (nSPS) is 15.7. The standard InChI is InChI=1S/C16H19N3O2S/c1-22-13-10-6-5-9-12(13)15-18-19-16(21-15)17-14(20)11-7-3-2-4-8-11/h5-6,9-11H,2-4,7-8H2,1H3,(H,17,19,20). The Labute approximate surface area is 133 Å². The molecule has 1 aliphatic rings. The van der Waals surface area contributed by atoms with Crippen LogP contribution >= 0.6 is 11.8 Å². The largest absolute Gasteiger partial charge is 0.403 e. The molecule has 116 valence electrons. The van der Waals surface area contributed by atoms with Gasteiger partial charge in [-0.25, -0.2) is 0 Å². The number of anilines is 1. The molecule has 22 heavy (non-hydrogen) atoms. The van der Waals surface area contributed by atoms with Gasteiger partial charge in [0.2, 0.25) is 5.91 Å². The number of benzene rings is 1. The van der Waals surface area contributed by atoms with E-state index < -0.39 is 0 Å². The van der Waals surface area contributed by atoms with Crippen LogP contribution in [0, 0.1) is 5.92 Å². The van der Waals surface area contributed by atoms with Crippen LogP contribution in [0.2, 0.25) is 0 Å². The van der Waals surface area contributed by atoms with E-state index in [9.17, 15) is 4.79 Å². The van der Waals surface area contributed by atoms with E-state index >= 15 is 0 Å². The molecule has 1 aromatic carbocycles. The number of carbonyl (C=O) groups is 1. The SMILES string of the molecule is CSc1ccccc1-c1nnc(NC(=O)C2CCCCC2)o1. The van der Waals surface area contributed by atoms with Gasteiger partial charge in [0.25, 0.3) is 5.89 Å². The van der Waals surface area contributed by atoms with Gasteiger partial charge in [0.15, 0.2) is 0 Å². The first-order valence-corrected chi connectivity index (χ1v) is 8.78. The summed E-state index contributed by atoms with van der Waals surface area (Å²) in [6.45, 7) is 0. The molecule has 1 heterocycles. The van der Waals surface area contributed by atoms with Gasteiger partial charge in [-0.15, -0.1) is 16.9 Å². The lowest BCUT2D eigenvalue weighted by Crippen LogP contribution is -2.24. The number of thioether (sulfide) groups is 1. The van der Waals surface area contributed by atoms with Crippen molar-refractivity contribution in [3.8, 4) is 11.5 Å². The molecular weight excluding hydrogens is 298 g/mol. The molecule has 0 spiro atoms. The van der Waals surface area contributed by atoms with Crippen LogP contribution in [-0.4, -0.2) is 22.4 Å². The maximum Gasteiger partial charge on any atom is 0.322 e. The van der Waals surface area contributed by atoms with Crippen LogP contribution < -0.4 is 5.32 Å². The van der Waals surface area contributed by atoms with E-state index in [0.717, 1.165) is 36.1 Å². The summed E-state index contributed by atoms with van der Waals surface area (Å²) < 4.78 is 5.61. The second kappa shape index (κ2) is 6.96. The molecule has 3 rings (SSSR count). The van der Waals surface area contributed by atoms with Crippen LogP contribution in [0.5, 0.6) is 0 Å². The van der Waals surface area contributed by atoms with Crippen molar-refractivity contribution in [1.29, 1.82) is 0 Å². The lowest BCUT2D eigenvalue weighted by molar-refractivity contribution is -0.120. The lowest BCUT2D eigenvalue weighted by Gasteiger charge is -2.19. The quantitative estimate of drug-likeness (QED) is 0.864. The van der Waals surface area contributed by atoms with E-state index in [4.69, 9.17) is 4.42 Å². The summed E-state index contributed by atoms with van der Waals surface area (Å²) in [5.74, 6) is 0.500. The third kappa shape index (κ3) is 3.32. The minimum atomic E-state index is -0.00643. The zero-order chi connectivity index (χ0) is 15.4. The highest BCUT2D eigenvalue weighted by Crippen LogP contribution is 2.30. The molecule has 1 N–H and O–H groups in total. The summed E-state index contributed by atoms with van der Waals surface area (Å²) in [6.07, 6.45) is 7.35. The summed E-state index contributed by atoms with van der Waals surface area (Å²) in [6, 6.07) is 8.02. The number of carbonyl (C=O) groups excluding carboxylic acids is 1. The average Bonchev–Trinajstić information content (AvgIpc) is 3.04. The molecule has 0 aliphatic heterocycles. The zero-order valence-electron chi connectivity index (χ0n) is 12.5. The van der Waals surface area contributed by atoms with Crippen molar-refractivity contribution < 1.29 is 9.21 Å². The maximum absolute atomic E-state index is 12.2. The molecule has 1 saturated carbocycles. The minimum Gasteiger partial charge on any atom is -0.403 e. The molecule has 0 radical (unpaired) electrons. The lowest BCUT2D eigenvalue weighted by atomic mass is 9.89. The van der Waals surface area contributed by atoms with Gasteiger partial charge >= 0.3 is 6.01 Å². The Hall–Kier alpha value is -1.82. The predicted octanol–water partition coefficient (Wildman–Crippen LogP) is 3.98. The molecule has 1 aliphatic carbocycles. The molecule has 0 saturated heterocycles. The van der Waals surface area contributed by atoms with Gasteiger partial charge < -0.3 is 4.42 Å². The Morgan fingerprint density at radius 1 is 1.23 bits per heavy atom. The zero-order valence-corrected chi connectivity index (χ0v) is 13.4. The number of nitrogens with one attached hydrogen (secondary N) is 1. The summed E-state index contributed by atoms with van der Waals surface area (Å²) in [4.78, 5) is 13.3. The van der Waals surface area contributed by atoms with E-state index in [0.29, 0.717) is 5.89 Å². The van der Waals surface area contributed by atoms with Crippen molar-refractivity contribution in [2.24, 2.45) is 5.92 Å². The van der Waals surface area contributed by atoms with Gasteiger partial charge in [-0.3, -0.25) is 10.1 Å². The van der Waals surface area contributed by atoms with E-state index in [-0.39, 0.29) is 17.8 Å². The van der Waals surface area contributed by atoms with E-state index in [1.165, 1.54) is 6.42 Å². The van der Waals surface area contributed by atoms with Gasteiger partial charge in [-0.1, -0.05) is 36.5 Å². The fourth-order valence-electron chi connectivity index (χ4n) is 2.78. The second-order valence-electron chi connectivity index (χ2n) is 5.44. The van der Waals surface area contributed by atoms with Crippen LogP contribution in [0.3, 0.4) is 0 Å². The Kier molecular flexibility index (Phi) is 4.77. The van der Waals surface area contributed by atoms with E-state index in [1.807, 2.05) is 30.5 Å². The number of aromatic nitrogens is 2. The molecule has 1 aromatic heterocycles. The minimum absolute atomic E-state index is 0.00643. The number of hydrogen-bond donors (Lipinski definition) is 1. The maximum atomic E-state index is 12.2. The molecule has 0 bridgehead atoms. The smallest absolute Gasteiger partial charge is 0.322 e. The first-order chi connectivity index (χ1) is 10.8. The van der Waals surface area contributed by atoms with E-state index in [1.54, 1.807) is 11.8 Å². The van der Waals surface area contributed by atoms with Gasteiger partial charge in [-0.05, 0) is 31.2 Å². The highest BCUT2D eigenvalue weighted by Gasteiger charge is 2.23. The monoisotopic (exact) mass is 317 g/mol. The fraction of sp³-hybridized carbons (Fsp3) is 0.438. The van der Waals surface area contributed by atoms with E-state index in [2.05, 4.69) is 15.5 Å². The first-order valence-electron chi connectivity index (χ1n) is 7.55. The van der Waals surface area contributed by atoms with Crippen LogP contribution in [0.25, 0.3) is 11.5 Å². The average molecular weight is 317 g/mol. The van der Waals surface area contributed by atoms with Crippen LogP contribution in [0.1, 0.15) is 32.1 Å². The van der Waals surface area contributed by atoms with Gasteiger partial charge in [0, 0.05) is 10.8 Å².